The maximum atomic E-state index is 12.6. The van der Waals surface area contributed by atoms with Crippen molar-refractivity contribution < 1.29 is 43.9 Å². The zero-order chi connectivity index (χ0) is 22.3. The number of hydrogen-bond donors (Lipinski definition) is 4. The predicted octanol–water partition coefficient (Wildman–Crippen LogP) is -0.0904. The second kappa shape index (κ2) is 11.0. The normalized spacial score (nSPS) is 31.6. The molecule has 4 N–H and O–H groups in total. The summed E-state index contributed by atoms with van der Waals surface area (Å²) in [7, 11) is 0. The molecule has 0 spiro atoms. The number of rotatable bonds is 11. The average molecular weight is 431 g/mol. The molecule has 0 aromatic rings. The van der Waals surface area contributed by atoms with Crippen LogP contribution in [0.3, 0.4) is 0 Å². The molecule has 2 saturated heterocycles. The number of aliphatic hydroxyl groups is 3. The van der Waals surface area contributed by atoms with E-state index in [4.69, 9.17) is 14.2 Å². The summed E-state index contributed by atoms with van der Waals surface area (Å²) in [4.78, 5) is 36.4. The average Bonchev–Trinajstić information content (AvgIpc) is 2.69. The van der Waals surface area contributed by atoms with Crippen molar-refractivity contribution in [2.24, 2.45) is 0 Å². The van der Waals surface area contributed by atoms with Crippen LogP contribution >= 0.6 is 0 Å². The summed E-state index contributed by atoms with van der Waals surface area (Å²) < 4.78 is 16.3. The second-order valence-electron chi connectivity index (χ2n) is 7.94. The van der Waals surface area contributed by atoms with Gasteiger partial charge in [0, 0.05) is 13.3 Å². The fraction of sp³-hybridized carbons (Fsp3) is 0.850. The Labute approximate surface area is 175 Å². The smallest absolute Gasteiger partial charge is 0.380 e. The third-order valence-corrected chi connectivity index (χ3v) is 5.40. The van der Waals surface area contributed by atoms with E-state index in [1.165, 1.54) is 6.92 Å². The zero-order valence-electron chi connectivity index (χ0n) is 17.5. The van der Waals surface area contributed by atoms with E-state index in [2.05, 4.69) is 12.2 Å². The van der Waals surface area contributed by atoms with E-state index < -0.39 is 67.1 Å². The Balaban J connectivity index is 2.07. The molecule has 0 unspecified atom stereocenters. The molecular formula is C20H33NO9. The minimum atomic E-state index is -2.15. The summed E-state index contributed by atoms with van der Waals surface area (Å²) in [6.07, 6.45) is 0.131. The Morgan fingerprint density at radius 2 is 1.93 bits per heavy atom. The number of amides is 1. The molecule has 10 heteroatoms. The van der Waals surface area contributed by atoms with Gasteiger partial charge in [-0.2, -0.15) is 0 Å². The number of carbonyl (C=O) groups is 3. The van der Waals surface area contributed by atoms with Gasteiger partial charge in [-0.3, -0.25) is 9.59 Å². The van der Waals surface area contributed by atoms with Crippen molar-refractivity contribution >= 4 is 17.8 Å². The topological polar surface area (TPSA) is 152 Å². The van der Waals surface area contributed by atoms with Gasteiger partial charge in [0.05, 0.1) is 25.2 Å². The fourth-order valence-corrected chi connectivity index (χ4v) is 3.85. The highest BCUT2D eigenvalue weighted by Crippen LogP contribution is 2.39. The molecule has 2 bridgehead atoms. The quantitative estimate of drug-likeness (QED) is 0.260. The van der Waals surface area contributed by atoms with Crippen LogP contribution in [0.15, 0.2) is 0 Å². The largest absolute Gasteiger partial charge is 0.452 e. The first-order valence-electron chi connectivity index (χ1n) is 10.6. The first-order chi connectivity index (χ1) is 14.2. The van der Waals surface area contributed by atoms with E-state index in [1.54, 1.807) is 0 Å². The molecule has 0 radical (unpaired) electrons. The molecule has 2 rings (SSSR count). The summed E-state index contributed by atoms with van der Waals surface area (Å²) in [6.45, 7) is 2.62. The third-order valence-electron chi connectivity index (χ3n) is 5.40. The second-order valence-corrected chi connectivity index (χ2v) is 7.94. The van der Waals surface area contributed by atoms with Crippen molar-refractivity contribution in [2.45, 2.75) is 101 Å². The molecule has 0 saturated carbocycles. The standard InChI is InChI=1S/C20H33NO9/c1-3-4-5-6-7-8-9-15(26)29-20-10-13(24)16(21-12(2)23)18(30-20)17(14(25)11-22)28-19(20)27/h13-14,16-18,22,24-25H,3-11H2,1-2H3,(H,21,23)/t13-,14+,16+,17+,18-,20-/m0/s1. The summed E-state index contributed by atoms with van der Waals surface area (Å²) in [5.41, 5.74) is 0. The van der Waals surface area contributed by atoms with Gasteiger partial charge in [-0.25, -0.2) is 4.79 Å². The Hall–Kier alpha value is -1.75. The lowest BCUT2D eigenvalue weighted by Crippen LogP contribution is -2.72. The Morgan fingerprint density at radius 3 is 2.57 bits per heavy atom. The van der Waals surface area contributed by atoms with E-state index in [0.29, 0.717) is 6.42 Å². The lowest BCUT2D eigenvalue weighted by Gasteiger charge is -2.51. The maximum Gasteiger partial charge on any atom is 0.380 e. The van der Waals surface area contributed by atoms with Gasteiger partial charge < -0.3 is 34.8 Å². The van der Waals surface area contributed by atoms with Gasteiger partial charge in [0.15, 0.2) is 6.10 Å². The fourth-order valence-electron chi connectivity index (χ4n) is 3.85. The first-order valence-corrected chi connectivity index (χ1v) is 10.6. The molecule has 2 aliphatic heterocycles. The number of hydrogen-bond acceptors (Lipinski definition) is 9. The molecule has 0 aromatic carbocycles. The molecule has 30 heavy (non-hydrogen) atoms. The number of nitrogens with one attached hydrogen (secondary N) is 1. The van der Waals surface area contributed by atoms with Crippen LogP contribution in [-0.4, -0.2) is 76.0 Å². The summed E-state index contributed by atoms with van der Waals surface area (Å²) in [5.74, 6) is -4.34. The maximum absolute atomic E-state index is 12.6. The van der Waals surface area contributed by atoms with Crippen LogP contribution < -0.4 is 5.32 Å². The zero-order valence-corrected chi connectivity index (χ0v) is 17.5. The van der Waals surface area contributed by atoms with Crippen LogP contribution in [0, 0.1) is 0 Å². The van der Waals surface area contributed by atoms with Gasteiger partial charge in [-0.15, -0.1) is 0 Å². The molecule has 2 aliphatic rings. The van der Waals surface area contributed by atoms with Gasteiger partial charge in [0.1, 0.15) is 12.2 Å². The van der Waals surface area contributed by atoms with Gasteiger partial charge >= 0.3 is 17.7 Å². The van der Waals surface area contributed by atoms with Crippen molar-refractivity contribution in [3.8, 4) is 0 Å². The molecular weight excluding hydrogens is 398 g/mol. The Kier molecular flexibility index (Phi) is 9.02. The number of cyclic esters (lactones) is 1. The molecule has 2 fully saturated rings. The summed E-state index contributed by atoms with van der Waals surface area (Å²) in [6, 6.07) is -1.02. The highest BCUT2D eigenvalue weighted by Gasteiger charge is 2.63. The number of unbranched alkanes of at least 4 members (excludes halogenated alkanes) is 5. The minimum absolute atomic E-state index is 0.0864. The highest BCUT2D eigenvalue weighted by molar-refractivity contribution is 5.83. The molecule has 1 amide bonds. The van der Waals surface area contributed by atoms with Gasteiger partial charge in [0.2, 0.25) is 5.91 Å². The van der Waals surface area contributed by atoms with Crippen molar-refractivity contribution in [1.82, 2.24) is 5.32 Å². The third kappa shape index (κ3) is 5.90. The number of aliphatic hydroxyl groups excluding tert-OH is 3. The van der Waals surface area contributed by atoms with Crippen LogP contribution in [0.2, 0.25) is 0 Å². The molecule has 0 aromatic heterocycles. The first kappa shape index (κ1) is 24.5. The van der Waals surface area contributed by atoms with Crippen molar-refractivity contribution in [2.75, 3.05) is 6.61 Å². The number of esters is 2. The number of ether oxygens (including phenoxy) is 3. The van der Waals surface area contributed by atoms with E-state index in [1.807, 2.05) is 0 Å². The monoisotopic (exact) mass is 431 g/mol. The van der Waals surface area contributed by atoms with E-state index in [-0.39, 0.29) is 6.42 Å². The van der Waals surface area contributed by atoms with Crippen LogP contribution in [0.1, 0.15) is 65.2 Å². The summed E-state index contributed by atoms with van der Waals surface area (Å²) in [5, 5.41) is 32.3. The van der Waals surface area contributed by atoms with E-state index in [9.17, 15) is 29.7 Å². The summed E-state index contributed by atoms with van der Waals surface area (Å²) >= 11 is 0. The van der Waals surface area contributed by atoms with Gasteiger partial charge in [-0.1, -0.05) is 39.0 Å². The van der Waals surface area contributed by atoms with E-state index in [0.717, 1.165) is 32.1 Å². The van der Waals surface area contributed by atoms with Crippen LogP contribution in [0.5, 0.6) is 0 Å². The van der Waals surface area contributed by atoms with Crippen LogP contribution in [-0.2, 0) is 28.6 Å². The van der Waals surface area contributed by atoms with Crippen molar-refractivity contribution in [3.63, 3.8) is 0 Å². The molecule has 0 aliphatic carbocycles. The highest BCUT2D eigenvalue weighted by atomic mass is 16.8. The van der Waals surface area contributed by atoms with Crippen molar-refractivity contribution in [3.05, 3.63) is 0 Å². The lowest BCUT2D eigenvalue weighted by atomic mass is 9.86. The molecule has 10 nitrogen and oxygen atoms in total. The number of carbonyl (C=O) groups excluding carboxylic acids is 3. The Morgan fingerprint density at radius 1 is 1.27 bits per heavy atom. The SMILES string of the molecule is CCCCCCCCC(=O)O[C@@]12C[C@H](O)[C@@H](NC(C)=O)[C@H](O1)[C@@H]([C@H](O)CO)OC2=O. The van der Waals surface area contributed by atoms with Crippen LogP contribution in [0.4, 0.5) is 0 Å². The number of fused-ring (bicyclic) bond motifs is 2. The lowest BCUT2D eigenvalue weighted by molar-refractivity contribution is -0.333. The van der Waals surface area contributed by atoms with Gasteiger partial charge in [0.25, 0.3) is 0 Å². The Bertz CT molecular complexity index is 611. The minimum Gasteiger partial charge on any atom is -0.452 e. The predicted molar refractivity (Wildman–Crippen MR) is 103 cm³/mol. The van der Waals surface area contributed by atoms with Crippen LogP contribution in [0.25, 0.3) is 0 Å². The molecule has 172 valence electrons. The van der Waals surface area contributed by atoms with Crippen molar-refractivity contribution in [1.29, 1.82) is 0 Å². The van der Waals surface area contributed by atoms with Gasteiger partial charge in [-0.05, 0) is 6.42 Å². The molecule has 6 atom stereocenters. The molecule has 2 heterocycles. The van der Waals surface area contributed by atoms with E-state index >= 15 is 0 Å².